The van der Waals surface area contributed by atoms with Gasteiger partial charge in [0.25, 0.3) is 5.91 Å². The number of aromatic nitrogens is 3. The molecule has 6 heteroatoms. The van der Waals surface area contributed by atoms with Crippen molar-refractivity contribution >= 4 is 5.91 Å². The number of imidazole rings is 1. The highest BCUT2D eigenvalue weighted by Crippen LogP contribution is 2.11. The first kappa shape index (κ1) is 12.1. The molecule has 0 aliphatic carbocycles. The zero-order chi connectivity index (χ0) is 12.8. The molecule has 2 heterocycles. The molecule has 0 bridgehead atoms. The lowest BCUT2D eigenvalue weighted by atomic mass is 10.3. The predicted molar refractivity (Wildman–Crippen MR) is 65.1 cm³/mol. The maximum atomic E-state index is 11.7. The van der Waals surface area contributed by atoms with Crippen LogP contribution in [0.25, 0.3) is 0 Å². The van der Waals surface area contributed by atoms with Crippen LogP contribution in [0, 0.1) is 0 Å². The standard InChI is InChI=1S/C12H14N4O2/c17-10-3-1-4-14-11(10)12(18)15-5-2-7-16-8-6-13-9-16/h1,3-4,6,8-9,17H,2,5,7H2,(H,15,18). The maximum Gasteiger partial charge on any atom is 0.273 e. The van der Waals surface area contributed by atoms with Gasteiger partial charge in [-0.1, -0.05) is 0 Å². The summed E-state index contributed by atoms with van der Waals surface area (Å²) in [6.07, 6.45) is 7.57. The van der Waals surface area contributed by atoms with Crippen LogP contribution in [0.1, 0.15) is 16.9 Å². The van der Waals surface area contributed by atoms with Crippen LogP contribution in [0.3, 0.4) is 0 Å². The molecule has 0 aromatic carbocycles. The Balaban J connectivity index is 1.77. The minimum atomic E-state index is -0.362. The molecule has 2 aromatic rings. The fourth-order valence-electron chi connectivity index (χ4n) is 1.54. The Morgan fingerprint density at radius 2 is 2.33 bits per heavy atom. The highest BCUT2D eigenvalue weighted by molar-refractivity contribution is 5.94. The Hall–Kier alpha value is -2.37. The van der Waals surface area contributed by atoms with Crippen molar-refractivity contribution in [2.45, 2.75) is 13.0 Å². The van der Waals surface area contributed by atoms with Crippen LogP contribution in [0.2, 0.25) is 0 Å². The van der Waals surface area contributed by atoms with Crippen molar-refractivity contribution in [3.63, 3.8) is 0 Å². The average Bonchev–Trinajstić information content (AvgIpc) is 2.88. The van der Waals surface area contributed by atoms with Crippen LogP contribution in [0.4, 0.5) is 0 Å². The highest BCUT2D eigenvalue weighted by atomic mass is 16.3. The van der Waals surface area contributed by atoms with Crippen molar-refractivity contribution < 1.29 is 9.90 Å². The molecule has 2 rings (SSSR count). The van der Waals surface area contributed by atoms with Crippen LogP contribution in [0.5, 0.6) is 5.75 Å². The monoisotopic (exact) mass is 246 g/mol. The molecule has 0 unspecified atom stereocenters. The molecule has 94 valence electrons. The van der Waals surface area contributed by atoms with Crippen molar-refractivity contribution in [3.05, 3.63) is 42.7 Å². The number of aryl methyl sites for hydroxylation is 1. The van der Waals surface area contributed by atoms with Crippen LogP contribution in [-0.2, 0) is 6.54 Å². The SMILES string of the molecule is O=C(NCCCn1ccnc1)c1ncccc1O. The summed E-state index contributed by atoms with van der Waals surface area (Å²) in [6.45, 7) is 1.31. The molecule has 2 N–H and O–H groups in total. The number of carbonyl (C=O) groups excluding carboxylic acids is 1. The van der Waals surface area contributed by atoms with Crippen molar-refractivity contribution in [1.82, 2.24) is 19.9 Å². The fourth-order valence-corrected chi connectivity index (χ4v) is 1.54. The van der Waals surface area contributed by atoms with Gasteiger partial charge in [0.05, 0.1) is 6.33 Å². The zero-order valence-electron chi connectivity index (χ0n) is 9.78. The van der Waals surface area contributed by atoms with Crippen molar-refractivity contribution in [2.75, 3.05) is 6.54 Å². The molecule has 0 fully saturated rings. The predicted octanol–water partition coefficient (Wildman–Crippen LogP) is 0.804. The molecule has 0 radical (unpaired) electrons. The topological polar surface area (TPSA) is 80.0 Å². The van der Waals surface area contributed by atoms with E-state index in [9.17, 15) is 9.90 Å². The van der Waals surface area contributed by atoms with E-state index in [4.69, 9.17) is 0 Å². The number of pyridine rings is 1. The molecule has 0 aliphatic heterocycles. The summed E-state index contributed by atoms with van der Waals surface area (Å²) in [4.78, 5) is 19.4. The summed E-state index contributed by atoms with van der Waals surface area (Å²) in [5, 5.41) is 12.2. The minimum absolute atomic E-state index is 0.0557. The van der Waals surface area contributed by atoms with E-state index in [0.29, 0.717) is 6.54 Å². The van der Waals surface area contributed by atoms with E-state index in [-0.39, 0.29) is 17.4 Å². The Morgan fingerprint density at radius 1 is 1.44 bits per heavy atom. The molecule has 0 atom stereocenters. The number of carbonyl (C=O) groups is 1. The Bertz CT molecular complexity index is 511. The summed E-state index contributed by atoms with van der Waals surface area (Å²) in [5.41, 5.74) is 0.0557. The van der Waals surface area contributed by atoms with E-state index in [2.05, 4.69) is 15.3 Å². The summed E-state index contributed by atoms with van der Waals surface area (Å²) < 4.78 is 1.93. The zero-order valence-corrected chi connectivity index (χ0v) is 9.78. The smallest absolute Gasteiger partial charge is 0.273 e. The Labute approximate surface area is 104 Å². The lowest BCUT2D eigenvalue weighted by Crippen LogP contribution is -2.26. The Kier molecular flexibility index (Phi) is 3.90. The molecule has 0 saturated carbocycles. The van der Waals surface area contributed by atoms with Gasteiger partial charge in [-0.3, -0.25) is 4.79 Å². The van der Waals surface area contributed by atoms with Gasteiger partial charge in [-0.2, -0.15) is 0 Å². The highest BCUT2D eigenvalue weighted by Gasteiger charge is 2.10. The third-order valence-electron chi connectivity index (χ3n) is 2.44. The van der Waals surface area contributed by atoms with Crippen LogP contribution >= 0.6 is 0 Å². The van der Waals surface area contributed by atoms with E-state index >= 15 is 0 Å². The van der Waals surface area contributed by atoms with Crippen LogP contribution in [0.15, 0.2) is 37.1 Å². The number of nitrogens with zero attached hydrogens (tertiary/aromatic N) is 3. The van der Waals surface area contributed by atoms with Crippen molar-refractivity contribution in [2.24, 2.45) is 0 Å². The second kappa shape index (κ2) is 5.81. The first-order valence-corrected chi connectivity index (χ1v) is 5.65. The van der Waals surface area contributed by atoms with Gasteiger partial charge in [0, 0.05) is 31.7 Å². The number of rotatable bonds is 5. The summed E-state index contributed by atoms with van der Waals surface area (Å²) in [6, 6.07) is 3.01. The van der Waals surface area contributed by atoms with E-state index < -0.39 is 0 Å². The second-order valence-corrected chi connectivity index (χ2v) is 3.78. The lowest BCUT2D eigenvalue weighted by Gasteiger charge is -2.06. The number of amides is 1. The molecule has 2 aromatic heterocycles. The largest absolute Gasteiger partial charge is 0.505 e. The molecule has 0 aliphatic rings. The van der Waals surface area contributed by atoms with E-state index in [1.54, 1.807) is 18.6 Å². The first-order valence-electron chi connectivity index (χ1n) is 5.65. The van der Waals surface area contributed by atoms with Gasteiger partial charge in [-0.05, 0) is 18.6 Å². The molecule has 0 saturated heterocycles. The third-order valence-corrected chi connectivity index (χ3v) is 2.44. The third kappa shape index (κ3) is 3.07. The molecular formula is C12H14N4O2. The molecular weight excluding hydrogens is 232 g/mol. The summed E-state index contributed by atoms with van der Waals surface area (Å²) in [7, 11) is 0. The maximum absolute atomic E-state index is 11.7. The van der Waals surface area contributed by atoms with E-state index in [1.807, 2.05) is 10.8 Å². The molecule has 6 nitrogen and oxygen atoms in total. The van der Waals surface area contributed by atoms with Gasteiger partial charge in [-0.15, -0.1) is 0 Å². The first-order chi connectivity index (χ1) is 8.77. The quantitative estimate of drug-likeness (QED) is 0.765. The van der Waals surface area contributed by atoms with Gasteiger partial charge >= 0.3 is 0 Å². The minimum Gasteiger partial charge on any atom is -0.505 e. The molecule has 18 heavy (non-hydrogen) atoms. The fraction of sp³-hybridized carbons (Fsp3) is 0.250. The average molecular weight is 246 g/mol. The van der Waals surface area contributed by atoms with Gasteiger partial charge in [0.2, 0.25) is 0 Å². The van der Waals surface area contributed by atoms with E-state index in [1.165, 1.54) is 12.3 Å². The second-order valence-electron chi connectivity index (χ2n) is 3.78. The lowest BCUT2D eigenvalue weighted by molar-refractivity contribution is 0.0945. The van der Waals surface area contributed by atoms with Crippen LogP contribution < -0.4 is 5.32 Å². The van der Waals surface area contributed by atoms with Gasteiger partial charge in [-0.25, -0.2) is 9.97 Å². The number of nitrogens with one attached hydrogen (secondary N) is 1. The van der Waals surface area contributed by atoms with Crippen molar-refractivity contribution in [1.29, 1.82) is 0 Å². The summed E-state index contributed by atoms with van der Waals surface area (Å²) >= 11 is 0. The van der Waals surface area contributed by atoms with Gasteiger partial charge in [0.15, 0.2) is 5.69 Å². The normalized spacial score (nSPS) is 10.2. The summed E-state index contributed by atoms with van der Waals surface area (Å²) in [5.74, 6) is -0.469. The van der Waals surface area contributed by atoms with Gasteiger partial charge in [0.1, 0.15) is 5.75 Å². The molecule has 0 spiro atoms. The Morgan fingerprint density at radius 3 is 3.06 bits per heavy atom. The number of aromatic hydroxyl groups is 1. The number of hydrogen-bond acceptors (Lipinski definition) is 4. The number of hydrogen-bond donors (Lipinski definition) is 2. The van der Waals surface area contributed by atoms with E-state index in [0.717, 1.165) is 13.0 Å². The van der Waals surface area contributed by atoms with Crippen molar-refractivity contribution in [3.8, 4) is 5.75 Å². The molecule has 1 amide bonds. The van der Waals surface area contributed by atoms with Crippen LogP contribution in [-0.4, -0.2) is 32.1 Å². The van der Waals surface area contributed by atoms with Gasteiger partial charge < -0.3 is 15.0 Å².